The van der Waals surface area contributed by atoms with Crippen LogP contribution < -0.4 is 35.6 Å². The third kappa shape index (κ3) is 7.26. The quantitative estimate of drug-likeness (QED) is 0.304. The first-order valence-corrected chi connectivity index (χ1v) is 14.8. The van der Waals surface area contributed by atoms with Gasteiger partial charge in [-0.15, -0.1) is 0 Å². The van der Waals surface area contributed by atoms with Gasteiger partial charge in [-0.05, 0) is 59.6 Å². The number of rotatable bonds is 12. The summed E-state index contributed by atoms with van der Waals surface area (Å²) in [5.74, 6) is -0.233. The molecule has 0 bridgehead atoms. The monoisotopic (exact) mass is 611 g/mol. The molecule has 2 amide bonds. The number of carbonyl (C=O) groups is 3. The molecule has 11 nitrogen and oxygen atoms in total. The number of hydrogen-bond acceptors (Lipinski definition) is 9. The van der Waals surface area contributed by atoms with Crippen LogP contribution in [0.2, 0.25) is 0 Å². The Bertz CT molecular complexity index is 1440. The smallest absolute Gasteiger partial charge is 0.328 e. The van der Waals surface area contributed by atoms with Gasteiger partial charge in [0.05, 0.1) is 40.2 Å². The third-order valence-electron chi connectivity index (χ3n) is 8.14. The van der Waals surface area contributed by atoms with E-state index in [-0.39, 0.29) is 28.9 Å². The Morgan fingerprint density at radius 2 is 1.64 bits per heavy atom. The van der Waals surface area contributed by atoms with E-state index in [0.29, 0.717) is 47.6 Å². The zero-order valence-electron chi connectivity index (χ0n) is 27.1. The highest BCUT2D eigenvalue weighted by Gasteiger charge is 2.32. The van der Waals surface area contributed by atoms with Crippen molar-refractivity contribution in [2.24, 2.45) is 11.8 Å². The molecule has 11 heteroatoms. The fourth-order valence-electron chi connectivity index (χ4n) is 5.57. The van der Waals surface area contributed by atoms with Crippen LogP contribution in [0.4, 0.5) is 5.69 Å². The van der Waals surface area contributed by atoms with E-state index in [1.165, 1.54) is 34.3 Å². The average Bonchev–Trinajstić information content (AvgIpc) is 3.24. The lowest BCUT2D eigenvalue weighted by Gasteiger charge is -2.27. The van der Waals surface area contributed by atoms with Crippen molar-refractivity contribution in [2.45, 2.75) is 72.0 Å². The van der Waals surface area contributed by atoms with Crippen LogP contribution in [0.1, 0.15) is 64.6 Å². The van der Waals surface area contributed by atoms with Crippen molar-refractivity contribution in [3.63, 3.8) is 0 Å². The summed E-state index contributed by atoms with van der Waals surface area (Å²) in [6.07, 6.45) is 1.75. The van der Waals surface area contributed by atoms with Crippen LogP contribution in [0.25, 0.3) is 11.1 Å². The summed E-state index contributed by atoms with van der Waals surface area (Å²) in [4.78, 5) is 52.0. The molecule has 0 aromatic heterocycles. The van der Waals surface area contributed by atoms with Crippen molar-refractivity contribution in [2.75, 3.05) is 33.8 Å². The second kappa shape index (κ2) is 14.9. The fourth-order valence-corrected chi connectivity index (χ4v) is 5.57. The standard InChI is InChI=1S/C33H45N3O8/c1-10-18(4)29(33(40)44-9)36-32(39)28(17(2)3)35-24-14-12-21-22(16-25(24)38)23(34-19(5)37)13-11-20-15-26(41-6)30(42-7)31(43-8)27(20)21/h12,14-18,23,28-29H,10-11,13H2,1-9H3,(H,34,37)(H,35,38)(H,36,39)/t18-,23+,28+,29+/m1/s1. The van der Waals surface area contributed by atoms with E-state index in [1.54, 1.807) is 19.2 Å². The average molecular weight is 612 g/mol. The Kier molecular flexibility index (Phi) is 11.6. The SMILES string of the molecule is CC[C@@H](C)[C@H](NC(=O)[C@@H](Nc1ccc2c(cc1=O)[C@@H](NC(C)=O)CCc1cc(OC)c(OC)c(OC)c1-2)C(C)C)C(=O)OC. The third-order valence-corrected chi connectivity index (χ3v) is 8.14. The highest BCUT2D eigenvalue weighted by Crippen LogP contribution is 2.50. The van der Waals surface area contributed by atoms with Gasteiger partial charge < -0.3 is 34.9 Å². The molecule has 1 aliphatic carbocycles. The van der Waals surface area contributed by atoms with Crippen molar-refractivity contribution in [1.29, 1.82) is 0 Å². The zero-order chi connectivity index (χ0) is 32.7. The molecule has 3 N–H and O–H groups in total. The van der Waals surface area contributed by atoms with Crippen LogP contribution in [0, 0.1) is 11.8 Å². The van der Waals surface area contributed by atoms with E-state index >= 15 is 0 Å². The van der Waals surface area contributed by atoms with Gasteiger partial charge in [0.25, 0.3) is 0 Å². The molecule has 0 unspecified atom stereocenters. The molecule has 44 heavy (non-hydrogen) atoms. The molecule has 3 rings (SSSR count). The molecule has 0 saturated carbocycles. The predicted molar refractivity (Wildman–Crippen MR) is 168 cm³/mol. The van der Waals surface area contributed by atoms with Gasteiger partial charge in [0.2, 0.25) is 23.0 Å². The molecule has 2 aromatic carbocycles. The Balaban J connectivity index is 2.18. The molecule has 0 fully saturated rings. The number of anilines is 1. The van der Waals surface area contributed by atoms with E-state index in [1.807, 2.05) is 33.8 Å². The maximum atomic E-state index is 13.8. The molecule has 0 aliphatic heterocycles. The number of methoxy groups -OCH3 is 4. The molecule has 0 saturated heterocycles. The molecule has 0 radical (unpaired) electrons. The maximum absolute atomic E-state index is 13.8. The number of ether oxygens (including phenoxy) is 4. The first-order valence-electron chi connectivity index (χ1n) is 14.8. The Labute approximate surface area is 259 Å². The van der Waals surface area contributed by atoms with E-state index in [2.05, 4.69) is 16.0 Å². The number of carbonyl (C=O) groups excluding carboxylic acids is 3. The predicted octanol–water partition coefficient (Wildman–Crippen LogP) is 4.00. The minimum absolute atomic E-state index is 0.157. The maximum Gasteiger partial charge on any atom is 0.328 e. The van der Waals surface area contributed by atoms with E-state index < -0.39 is 30.0 Å². The second-order valence-electron chi connectivity index (χ2n) is 11.4. The van der Waals surface area contributed by atoms with Crippen molar-refractivity contribution >= 4 is 23.5 Å². The fraction of sp³-hybridized carbons (Fsp3) is 0.515. The number of fused-ring (bicyclic) bond motifs is 3. The molecule has 2 aromatic rings. The van der Waals surface area contributed by atoms with E-state index in [0.717, 1.165) is 11.1 Å². The van der Waals surface area contributed by atoms with Crippen molar-refractivity contribution in [1.82, 2.24) is 10.6 Å². The van der Waals surface area contributed by atoms with Gasteiger partial charge in [-0.2, -0.15) is 0 Å². The van der Waals surface area contributed by atoms with Gasteiger partial charge in [0.15, 0.2) is 11.5 Å². The molecule has 1 aliphatic rings. The summed E-state index contributed by atoms with van der Waals surface area (Å²) in [5, 5.41) is 8.95. The Hall–Kier alpha value is -4.28. The molecule has 4 atom stereocenters. The normalized spacial score (nSPS) is 15.8. The number of benzene rings is 1. The lowest BCUT2D eigenvalue weighted by molar-refractivity contribution is -0.146. The van der Waals surface area contributed by atoms with Crippen LogP contribution in [0.5, 0.6) is 17.2 Å². The summed E-state index contributed by atoms with van der Waals surface area (Å²) in [5.41, 5.74) is 2.73. The van der Waals surface area contributed by atoms with Crippen LogP contribution in [0.3, 0.4) is 0 Å². The minimum atomic E-state index is -0.835. The Morgan fingerprint density at radius 3 is 2.18 bits per heavy atom. The summed E-state index contributed by atoms with van der Waals surface area (Å²) in [7, 11) is 5.89. The van der Waals surface area contributed by atoms with Gasteiger partial charge in [0, 0.05) is 12.5 Å². The number of hydrogen-bond donors (Lipinski definition) is 3. The number of esters is 1. The number of amides is 2. The van der Waals surface area contributed by atoms with Crippen molar-refractivity contribution in [3.8, 4) is 28.4 Å². The molecule has 0 spiro atoms. The lowest BCUT2D eigenvalue weighted by atomic mass is 9.95. The van der Waals surface area contributed by atoms with Gasteiger partial charge in [-0.3, -0.25) is 14.4 Å². The molecular formula is C33H45N3O8. The number of nitrogens with one attached hydrogen (secondary N) is 3. The largest absolute Gasteiger partial charge is 0.493 e. The van der Waals surface area contributed by atoms with Gasteiger partial charge >= 0.3 is 5.97 Å². The zero-order valence-corrected chi connectivity index (χ0v) is 27.1. The summed E-state index contributed by atoms with van der Waals surface area (Å²) >= 11 is 0. The van der Waals surface area contributed by atoms with E-state index in [9.17, 15) is 19.2 Å². The van der Waals surface area contributed by atoms with Gasteiger partial charge in [-0.1, -0.05) is 40.2 Å². The lowest BCUT2D eigenvalue weighted by Crippen LogP contribution is -2.52. The van der Waals surface area contributed by atoms with Crippen LogP contribution in [-0.4, -0.2) is 58.3 Å². The van der Waals surface area contributed by atoms with Gasteiger partial charge in [-0.25, -0.2) is 4.79 Å². The highest BCUT2D eigenvalue weighted by molar-refractivity contribution is 5.90. The van der Waals surface area contributed by atoms with Crippen molar-refractivity contribution < 1.29 is 33.3 Å². The first kappa shape index (κ1) is 34.2. The topological polar surface area (TPSA) is 141 Å². The molecule has 0 heterocycles. The summed E-state index contributed by atoms with van der Waals surface area (Å²) in [6.45, 7) is 8.93. The minimum Gasteiger partial charge on any atom is -0.493 e. The van der Waals surface area contributed by atoms with E-state index in [4.69, 9.17) is 18.9 Å². The second-order valence-corrected chi connectivity index (χ2v) is 11.4. The van der Waals surface area contributed by atoms with Crippen LogP contribution in [-0.2, 0) is 25.5 Å². The number of aryl methyl sites for hydroxylation is 1. The highest BCUT2D eigenvalue weighted by atomic mass is 16.5. The molecular weight excluding hydrogens is 566 g/mol. The van der Waals surface area contributed by atoms with Crippen molar-refractivity contribution in [3.05, 3.63) is 45.6 Å². The van der Waals surface area contributed by atoms with Gasteiger partial charge in [0.1, 0.15) is 12.1 Å². The summed E-state index contributed by atoms with van der Waals surface area (Å²) in [6, 6.07) is 4.67. The first-order chi connectivity index (χ1) is 20.9. The summed E-state index contributed by atoms with van der Waals surface area (Å²) < 4.78 is 22.0. The Morgan fingerprint density at radius 1 is 0.955 bits per heavy atom. The molecule has 240 valence electrons. The van der Waals surface area contributed by atoms with Crippen LogP contribution in [0.15, 0.2) is 29.1 Å². The van der Waals surface area contributed by atoms with Crippen LogP contribution >= 0.6 is 0 Å².